The monoisotopic (exact) mass is 253 g/mol. The maximum Gasteiger partial charge on any atom is 0.228 e. The molecular weight excluding hydrogens is 234 g/mol. The van der Waals surface area contributed by atoms with E-state index in [1.54, 1.807) is 7.11 Å². The predicted molar refractivity (Wildman–Crippen MR) is 70.1 cm³/mol. The van der Waals surface area contributed by atoms with Crippen LogP contribution in [0.3, 0.4) is 0 Å². The van der Waals surface area contributed by atoms with Gasteiger partial charge in [-0.1, -0.05) is 30.3 Å². The number of hydrogen-bond donors (Lipinski definition) is 1. The van der Waals surface area contributed by atoms with E-state index in [9.17, 15) is 4.55 Å². The Morgan fingerprint density at radius 2 is 1.94 bits per heavy atom. The van der Waals surface area contributed by atoms with Crippen LogP contribution in [0, 0.1) is 0 Å². The van der Waals surface area contributed by atoms with Crippen molar-refractivity contribution in [3.63, 3.8) is 0 Å². The standard InChI is InChI=1S/C13H19NO2S/c1-16-13(7-9-14-10-8-13)17(15)11-12-5-3-2-4-6-12/h2-6,14H,7-11H2,1H3. The smallest absolute Gasteiger partial charge is 0.228 e. The molecule has 0 aromatic heterocycles. The van der Waals surface area contributed by atoms with Gasteiger partial charge in [-0.2, -0.15) is 0 Å². The molecule has 0 radical (unpaired) electrons. The third kappa shape index (κ3) is 3.01. The maximum atomic E-state index is 12.5. The molecule has 2 rings (SSSR count). The highest BCUT2D eigenvalue weighted by Gasteiger charge is 2.43. The summed E-state index contributed by atoms with van der Waals surface area (Å²) in [5, 5.41) is 3.28. The van der Waals surface area contributed by atoms with Gasteiger partial charge < -0.3 is 14.6 Å². The number of rotatable bonds is 4. The Bertz CT molecular complexity index is 339. The van der Waals surface area contributed by atoms with Gasteiger partial charge in [0.1, 0.15) is 5.75 Å². The van der Waals surface area contributed by atoms with E-state index in [1.165, 1.54) is 0 Å². The molecule has 1 unspecified atom stereocenters. The lowest BCUT2D eigenvalue weighted by Gasteiger charge is -2.37. The van der Waals surface area contributed by atoms with Crippen molar-refractivity contribution >= 4 is 11.2 Å². The van der Waals surface area contributed by atoms with Crippen molar-refractivity contribution in [1.82, 2.24) is 5.32 Å². The molecule has 1 heterocycles. The minimum atomic E-state index is -0.978. The molecule has 1 aliphatic heterocycles. The topological polar surface area (TPSA) is 44.3 Å². The van der Waals surface area contributed by atoms with Gasteiger partial charge in [0.05, 0.1) is 0 Å². The summed E-state index contributed by atoms with van der Waals surface area (Å²) in [5.74, 6) is 0.578. The lowest BCUT2D eigenvalue weighted by molar-refractivity contribution is 0.0359. The Morgan fingerprint density at radius 1 is 1.29 bits per heavy atom. The van der Waals surface area contributed by atoms with E-state index in [-0.39, 0.29) is 0 Å². The van der Waals surface area contributed by atoms with E-state index in [2.05, 4.69) is 5.32 Å². The largest absolute Gasteiger partial charge is 0.614 e. The van der Waals surface area contributed by atoms with Crippen molar-refractivity contribution in [3.8, 4) is 0 Å². The summed E-state index contributed by atoms with van der Waals surface area (Å²) in [6.45, 7) is 1.77. The maximum absolute atomic E-state index is 12.5. The van der Waals surface area contributed by atoms with Crippen molar-refractivity contribution < 1.29 is 9.29 Å². The normalized spacial score (nSPS) is 21.1. The van der Waals surface area contributed by atoms with Crippen molar-refractivity contribution in [2.45, 2.75) is 23.5 Å². The van der Waals surface area contributed by atoms with Crippen LogP contribution in [0.1, 0.15) is 18.4 Å². The second kappa shape index (κ2) is 5.87. The molecule has 0 amide bonds. The van der Waals surface area contributed by atoms with E-state index in [0.717, 1.165) is 31.5 Å². The first-order valence-corrected chi connectivity index (χ1v) is 7.27. The Hall–Kier alpha value is -0.550. The second-order valence-electron chi connectivity index (χ2n) is 4.34. The van der Waals surface area contributed by atoms with Crippen LogP contribution in [-0.4, -0.2) is 29.7 Å². The van der Waals surface area contributed by atoms with E-state index in [1.807, 2.05) is 30.3 Å². The van der Waals surface area contributed by atoms with Crippen molar-refractivity contribution in [2.24, 2.45) is 0 Å². The van der Waals surface area contributed by atoms with Gasteiger partial charge in [-0.05, 0) is 11.2 Å². The van der Waals surface area contributed by atoms with Crippen LogP contribution in [0.25, 0.3) is 0 Å². The van der Waals surface area contributed by atoms with E-state index in [4.69, 9.17) is 4.74 Å². The molecule has 0 aliphatic carbocycles. The lowest BCUT2D eigenvalue weighted by atomic mass is 10.1. The van der Waals surface area contributed by atoms with E-state index < -0.39 is 16.1 Å². The zero-order valence-electron chi connectivity index (χ0n) is 10.1. The molecule has 1 saturated heterocycles. The summed E-state index contributed by atoms with van der Waals surface area (Å²) >= 11 is -0.978. The summed E-state index contributed by atoms with van der Waals surface area (Å²) < 4.78 is 18.1. The molecule has 1 atom stereocenters. The molecule has 1 aromatic rings. The SMILES string of the molecule is COC1([S+]([O-])Cc2ccccc2)CCNCC1. The van der Waals surface area contributed by atoms with E-state index in [0.29, 0.717) is 5.75 Å². The highest BCUT2D eigenvalue weighted by molar-refractivity contribution is 7.91. The highest BCUT2D eigenvalue weighted by atomic mass is 32.2. The highest BCUT2D eigenvalue weighted by Crippen LogP contribution is 2.31. The molecule has 94 valence electrons. The Morgan fingerprint density at radius 3 is 2.53 bits per heavy atom. The third-order valence-electron chi connectivity index (χ3n) is 3.29. The van der Waals surface area contributed by atoms with Gasteiger partial charge in [-0.3, -0.25) is 0 Å². The zero-order valence-corrected chi connectivity index (χ0v) is 11.0. The average Bonchev–Trinajstić information content (AvgIpc) is 2.40. The zero-order chi connectivity index (χ0) is 12.1. The minimum absolute atomic E-state index is 0.457. The molecule has 0 saturated carbocycles. The minimum Gasteiger partial charge on any atom is -0.614 e. The van der Waals surface area contributed by atoms with Gasteiger partial charge in [0, 0.05) is 38.6 Å². The van der Waals surface area contributed by atoms with Crippen LogP contribution in [0.15, 0.2) is 30.3 Å². The Kier molecular flexibility index (Phi) is 4.45. The average molecular weight is 253 g/mol. The van der Waals surface area contributed by atoms with Gasteiger partial charge in [-0.25, -0.2) is 0 Å². The number of methoxy groups -OCH3 is 1. The van der Waals surface area contributed by atoms with Crippen LogP contribution < -0.4 is 5.32 Å². The molecular formula is C13H19NO2S. The van der Waals surface area contributed by atoms with Gasteiger partial charge in [0.25, 0.3) is 0 Å². The quantitative estimate of drug-likeness (QED) is 0.830. The van der Waals surface area contributed by atoms with Gasteiger partial charge in [0.2, 0.25) is 4.93 Å². The first-order chi connectivity index (χ1) is 8.27. The molecule has 3 nitrogen and oxygen atoms in total. The molecule has 0 spiro atoms. The van der Waals surface area contributed by atoms with Gasteiger partial charge >= 0.3 is 0 Å². The van der Waals surface area contributed by atoms with Crippen LogP contribution >= 0.6 is 0 Å². The van der Waals surface area contributed by atoms with Gasteiger partial charge in [-0.15, -0.1) is 0 Å². The van der Waals surface area contributed by atoms with Gasteiger partial charge in [0.15, 0.2) is 0 Å². The van der Waals surface area contributed by atoms with E-state index >= 15 is 0 Å². The second-order valence-corrected chi connectivity index (χ2v) is 6.06. The number of nitrogens with one attached hydrogen (secondary N) is 1. The summed E-state index contributed by atoms with van der Waals surface area (Å²) in [7, 11) is 1.67. The molecule has 1 fully saturated rings. The summed E-state index contributed by atoms with van der Waals surface area (Å²) in [4.78, 5) is -0.457. The number of benzene rings is 1. The molecule has 1 aromatic carbocycles. The first-order valence-electron chi connectivity index (χ1n) is 5.95. The Labute approximate surface area is 106 Å². The fraction of sp³-hybridized carbons (Fsp3) is 0.538. The predicted octanol–water partition coefficient (Wildman–Crippen LogP) is 1.66. The molecule has 1 aliphatic rings. The molecule has 4 heteroatoms. The van der Waals surface area contributed by atoms with Crippen LogP contribution in [0.4, 0.5) is 0 Å². The summed E-state index contributed by atoms with van der Waals surface area (Å²) in [5.41, 5.74) is 1.11. The molecule has 17 heavy (non-hydrogen) atoms. The third-order valence-corrected chi connectivity index (χ3v) is 5.29. The number of piperidine rings is 1. The van der Waals surface area contributed by atoms with Crippen LogP contribution in [0.2, 0.25) is 0 Å². The summed E-state index contributed by atoms with van der Waals surface area (Å²) in [6.07, 6.45) is 1.64. The van der Waals surface area contributed by atoms with Crippen LogP contribution in [-0.2, 0) is 21.7 Å². The Balaban J connectivity index is 2.04. The number of ether oxygens (including phenoxy) is 1. The van der Waals surface area contributed by atoms with Crippen LogP contribution in [0.5, 0.6) is 0 Å². The fourth-order valence-corrected chi connectivity index (χ4v) is 3.79. The summed E-state index contributed by atoms with van der Waals surface area (Å²) in [6, 6.07) is 9.97. The van der Waals surface area contributed by atoms with Crippen molar-refractivity contribution in [1.29, 1.82) is 0 Å². The molecule has 1 N–H and O–H groups in total. The number of hydrogen-bond acceptors (Lipinski definition) is 3. The first kappa shape index (κ1) is 12.9. The van der Waals surface area contributed by atoms with Crippen molar-refractivity contribution in [2.75, 3.05) is 20.2 Å². The molecule has 0 bridgehead atoms. The lowest BCUT2D eigenvalue weighted by Crippen LogP contribution is -2.49. The fourth-order valence-electron chi connectivity index (χ4n) is 2.19. The van der Waals surface area contributed by atoms with Crippen molar-refractivity contribution in [3.05, 3.63) is 35.9 Å².